The van der Waals surface area contributed by atoms with Crippen LogP contribution in [-0.4, -0.2) is 30.9 Å². The molecule has 2 heterocycles. The summed E-state index contributed by atoms with van der Waals surface area (Å²) in [5.41, 5.74) is 1.09. The molecule has 1 aliphatic rings. The molecule has 1 amide bonds. The van der Waals surface area contributed by atoms with Crippen LogP contribution in [0.1, 0.15) is 37.0 Å². The molecule has 1 aromatic heterocycles. The third kappa shape index (κ3) is 4.10. The molecule has 1 atom stereocenters. The predicted molar refractivity (Wildman–Crippen MR) is 74.7 cm³/mol. The summed E-state index contributed by atoms with van der Waals surface area (Å²) in [5.74, 6) is 1.80. The van der Waals surface area contributed by atoms with E-state index in [1.54, 1.807) is 11.2 Å². The van der Waals surface area contributed by atoms with E-state index in [-0.39, 0.29) is 5.91 Å². The number of carbonyl (C=O) groups excluding carboxylic acids is 1. The highest BCUT2D eigenvalue weighted by atomic mass is 16.3. The van der Waals surface area contributed by atoms with Gasteiger partial charge >= 0.3 is 0 Å². The van der Waals surface area contributed by atoms with Crippen molar-refractivity contribution in [2.24, 2.45) is 5.92 Å². The van der Waals surface area contributed by atoms with Gasteiger partial charge in [-0.3, -0.25) is 4.79 Å². The van der Waals surface area contributed by atoms with Gasteiger partial charge in [-0.15, -0.1) is 0 Å². The Morgan fingerprint density at radius 3 is 3.05 bits per heavy atom. The van der Waals surface area contributed by atoms with Gasteiger partial charge in [-0.05, 0) is 51.3 Å². The number of piperidine rings is 1. The Morgan fingerprint density at radius 2 is 2.42 bits per heavy atom. The largest absolute Gasteiger partial charge is 0.469 e. The Morgan fingerprint density at radius 1 is 1.58 bits per heavy atom. The fraction of sp³-hybridized carbons (Fsp3) is 0.667. The highest BCUT2D eigenvalue weighted by molar-refractivity contribution is 5.75. The molecule has 0 aromatic carbocycles. The maximum absolute atomic E-state index is 12.1. The van der Waals surface area contributed by atoms with E-state index in [4.69, 9.17) is 4.42 Å². The Kier molecular flexibility index (Phi) is 5.02. The Labute approximate surface area is 115 Å². The lowest BCUT2D eigenvalue weighted by atomic mass is 9.94. The molecule has 106 valence electrons. The number of rotatable bonds is 5. The summed E-state index contributed by atoms with van der Waals surface area (Å²) in [6.07, 6.45) is 5.82. The zero-order valence-electron chi connectivity index (χ0n) is 11.9. The van der Waals surface area contributed by atoms with Crippen molar-refractivity contribution < 1.29 is 9.21 Å². The molecular weight excluding hydrogens is 240 g/mol. The third-order valence-electron chi connectivity index (χ3n) is 3.96. The maximum Gasteiger partial charge on any atom is 0.222 e. The van der Waals surface area contributed by atoms with Crippen molar-refractivity contribution >= 4 is 5.91 Å². The first-order chi connectivity index (χ1) is 9.16. The van der Waals surface area contributed by atoms with Crippen LogP contribution in [0.5, 0.6) is 0 Å². The molecule has 0 spiro atoms. The summed E-state index contributed by atoms with van der Waals surface area (Å²) in [4.78, 5) is 13.9. The zero-order valence-corrected chi connectivity index (χ0v) is 11.9. The molecule has 1 fully saturated rings. The van der Waals surface area contributed by atoms with E-state index < -0.39 is 0 Å². The minimum atomic E-state index is 0.228. The summed E-state index contributed by atoms with van der Waals surface area (Å²) < 4.78 is 5.25. The summed E-state index contributed by atoms with van der Waals surface area (Å²) in [7, 11) is 1.87. The Hall–Kier alpha value is -1.29. The van der Waals surface area contributed by atoms with Crippen molar-refractivity contribution in [2.75, 3.05) is 20.1 Å². The van der Waals surface area contributed by atoms with Gasteiger partial charge in [0.15, 0.2) is 0 Å². The molecule has 1 saturated heterocycles. The number of hydrogen-bond acceptors (Lipinski definition) is 3. The van der Waals surface area contributed by atoms with E-state index >= 15 is 0 Å². The SMILES string of the molecule is Cc1occc1CN(C)C(=O)CCC1CCCNC1. The van der Waals surface area contributed by atoms with E-state index in [9.17, 15) is 4.79 Å². The highest BCUT2D eigenvalue weighted by Gasteiger charge is 2.17. The average Bonchev–Trinajstić information content (AvgIpc) is 2.82. The second-order valence-corrected chi connectivity index (χ2v) is 5.50. The smallest absolute Gasteiger partial charge is 0.222 e. The minimum Gasteiger partial charge on any atom is -0.469 e. The van der Waals surface area contributed by atoms with Crippen molar-refractivity contribution in [1.82, 2.24) is 10.2 Å². The van der Waals surface area contributed by atoms with Crippen molar-refractivity contribution in [3.8, 4) is 0 Å². The van der Waals surface area contributed by atoms with Crippen LogP contribution in [0.15, 0.2) is 16.7 Å². The second-order valence-electron chi connectivity index (χ2n) is 5.50. The van der Waals surface area contributed by atoms with Crippen LogP contribution in [0.25, 0.3) is 0 Å². The van der Waals surface area contributed by atoms with Crippen LogP contribution in [0, 0.1) is 12.8 Å². The summed E-state index contributed by atoms with van der Waals surface area (Å²) in [5, 5.41) is 3.39. The lowest BCUT2D eigenvalue weighted by Gasteiger charge is -2.23. The number of amides is 1. The van der Waals surface area contributed by atoms with Gasteiger partial charge in [-0.25, -0.2) is 0 Å². The van der Waals surface area contributed by atoms with Crippen LogP contribution in [0.3, 0.4) is 0 Å². The van der Waals surface area contributed by atoms with Crippen LogP contribution in [-0.2, 0) is 11.3 Å². The number of nitrogens with zero attached hydrogens (tertiary/aromatic N) is 1. The molecule has 0 aliphatic carbocycles. The van der Waals surface area contributed by atoms with Crippen LogP contribution in [0.2, 0.25) is 0 Å². The van der Waals surface area contributed by atoms with Gasteiger partial charge in [0.1, 0.15) is 5.76 Å². The Bertz CT molecular complexity index is 408. The molecule has 2 rings (SSSR count). The fourth-order valence-electron chi connectivity index (χ4n) is 2.61. The molecule has 0 bridgehead atoms. The number of carbonyl (C=O) groups is 1. The molecule has 4 heteroatoms. The predicted octanol–water partition coefficient (Wildman–Crippen LogP) is 2.33. The molecule has 1 aliphatic heterocycles. The first kappa shape index (κ1) is 14.1. The number of furan rings is 1. The van der Waals surface area contributed by atoms with Crippen LogP contribution < -0.4 is 5.32 Å². The normalized spacial score (nSPS) is 19.4. The number of aryl methyl sites for hydroxylation is 1. The van der Waals surface area contributed by atoms with Gasteiger partial charge in [0, 0.05) is 25.6 Å². The van der Waals surface area contributed by atoms with Gasteiger partial charge < -0.3 is 14.6 Å². The molecular formula is C15H24N2O2. The van der Waals surface area contributed by atoms with E-state index in [0.29, 0.717) is 18.9 Å². The first-order valence-corrected chi connectivity index (χ1v) is 7.14. The summed E-state index contributed by atoms with van der Waals surface area (Å²) >= 11 is 0. The van der Waals surface area contributed by atoms with E-state index in [2.05, 4.69) is 5.32 Å². The molecule has 1 N–H and O–H groups in total. The van der Waals surface area contributed by atoms with E-state index in [0.717, 1.165) is 30.8 Å². The highest BCUT2D eigenvalue weighted by Crippen LogP contribution is 2.17. The summed E-state index contributed by atoms with van der Waals surface area (Å²) in [6, 6.07) is 1.93. The monoisotopic (exact) mass is 264 g/mol. The van der Waals surface area contributed by atoms with Gasteiger partial charge in [-0.1, -0.05) is 0 Å². The van der Waals surface area contributed by atoms with Crippen LogP contribution in [0.4, 0.5) is 0 Å². The minimum absolute atomic E-state index is 0.228. The lowest BCUT2D eigenvalue weighted by Crippen LogP contribution is -2.31. The van der Waals surface area contributed by atoms with E-state index in [1.165, 1.54) is 12.8 Å². The second kappa shape index (κ2) is 6.75. The first-order valence-electron chi connectivity index (χ1n) is 7.14. The lowest BCUT2D eigenvalue weighted by molar-refractivity contribution is -0.130. The number of nitrogens with one attached hydrogen (secondary N) is 1. The van der Waals surface area contributed by atoms with Crippen LogP contribution >= 0.6 is 0 Å². The van der Waals surface area contributed by atoms with Crippen molar-refractivity contribution in [3.63, 3.8) is 0 Å². The van der Waals surface area contributed by atoms with E-state index in [1.807, 2.05) is 20.0 Å². The average molecular weight is 264 g/mol. The molecule has 0 saturated carbocycles. The third-order valence-corrected chi connectivity index (χ3v) is 3.96. The molecule has 1 aromatic rings. The molecule has 4 nitrogen and oxygen atoms in total. The molecule has 0 radical (unpaired) electrons. The van der Waals surface area contributed by atoms with Crippen molar-refractivity contribution in [1.29, 1.82) is 0 Å². The van der Waals surface area contributed by atoms with Gasteiger partial charge in [0.05, 0.1) is 6.26 Å². The standard InChI is InChI=1S/C15H24N2O2/c1-12-14(7-9-19-12)11-17(2)15(18)6-5-13-4-3-8-16-10-13/h7,9,13,16H,3-6,8,10-11H2,1-2H3. The van der Waals surface area contributed by atoms with Gasteiger partial charge in [0.25, 0.3) is 0 Å². The summed E-state index contributed by atoms with van der Waals surface area (Å²) in [6.45, 7) is 4.77. The van der Waals surface area contributed by atoms with Crippen molar-refractivity contribution in [3.05, 3.63) is 23.7 Å². The quantitative estimate of drug-likeness (QED) is 0.887. The molecule has 1 unspecified atom stereocenters. The van der Waals surface area contributed by atoms with Gasteiger partial charge in [-0.2, -0.15) is 0 Å². The Balaban J connectivity index is 1.74. The fourth-order valence-corrected chi connectivity index (χ4v) is 2.61. The maximum atomic E-state index is 12.1. The van der Waals surface area contributed by atoms with Crippen molar-refractivity contribution in [2.45, 2.75) is 39.2 Å². The molecule has 19 heavy (non-hydrogen) atoms. The topological polar surface area (TPSA) is 45.5 Å². The zero-order chi connectivity index (χ0) is 13.7. The van der Waals surface area contributed by atoms with Gasteiger partial charge in [0.2, 0.25) is 5.91 Å². The number of hydrogen-bond donors (Lipinski definition) is 1.